The lowest BCUT2D eigenvalue weighted by Crippen LogP contribution is -2.45. The zero-order valence-corrected chi connectivity index (χ0v) is 23.4. The van der Waals surface area contributed by atoms with Gasteiger partial charge in [-0.25, -0.2) is 9.37 Å². The predicted octanol–water partition coefficient (Wildman–Crippen LogP) is 3.27. The lowest BCUT2D eigenvalue weighted by molar-refractivity contribution is 0.000443. The number of fused-ring (bicyclic) bond motifs is 3. The molecule has 2 atom stereocenters. The molecule has 0 bridgehead atoms. The molecule has 1 saturated heterocycles. The minimum Gasteiger partial charge on any atom is -0.489 e. The molecule has 0 spiro atoms. The van der Waals surface area contributed by atoms with Crippen LogP contribution in [0.4, 0.5) is 4.39 Å². The molecule has 7 rings (SSSR count). The van der Waals surface area contributed by atoms with Crippen LogP contribution in [0.25, 0.3) is 33.5 Å². The second-order valence-corrected chi connectivity index (χ2v) is 11.7. The van der Waals surface area contributed by atoms with Gasteiger partial charge in [0.1, 0.15) is 25.1 Å². The van der Waals surface area contributed by atoms with Gasteiger partial charge in [0.15, 0.2) is 5.82 Å². The Morgan fingerprint density at radius 2 is 2.15 bits per heavy atom. The number of carbonyl (C=O) groups excluding carboxylic acids is 1. The Kier molecular flexibility index (Phi) is 6.92. The third-order valence-corrected chi connectivity index (χ3v) is 8.61. The Balaban J connectivity index is 1.27. The molecule has 0 radical (unpaired) electrons. The highest BCUT2D eigenvalue weighted by molar-refractivity contribution is 6.01. The second-order valence-electron chi connectivity index (χ2n) is 11.7. The lowest BCUT2D eigenvalue weighted by atomic mass is 9.97. The smallest absolute Gasteiger partial charge is 0.254 e. The topological polar surface area (TPSA) is 99.6 Å². The van der Waals surface area contributed by atoms with Gasteiger partial charge in [-0.05, 0) is 55.0 Å². The first-order valence-electron chi connectivity index (χ1n) is 14.7. The normalized spacial score (nSPS) is 20.1. The summed E-state index contributed by atoms with van der Waals surface area (Å²) in [5, 5.41) is 4.48. The van der Waals surface area contributed by atoms with Crippen molar-refractivity contribution >= 4 is 27.8 Å². The number of nitrogens with zero attached hydrogens (tertiary/aromatic N) is 4. The summed E-state index contributed by atoms with van der Waals surface area (Å²) in [6.07, 6.45) is 3.19. The Hall–Kier alpha value is -3.47. The van der Waals surface area contributed by atoms with Crippen LogP contribution >= 0.6 is 0 Å². The number of halogens is 1. The summed E-state index contributed by atoms with van der Waals surface area (Å²) >= 11 is 0. The van der Waals surface area contributed by atoms with Crippen LogP contribution in [-0.2, 0) is 24.8 Å². The number of benzene rings is 2. The molecular weight excluding hydrogens is 523 g/mol. The van der Waals surface area contributed by atoms with E-state index < -0.39 is 12.7 Å². The third-order valence-electron chi connectivity index (χ3n) is 8.61. The van der Waals surface area contributed by atoms with E-state index in [1.165, 1.54) is 12.8 Å². The van der Waals surface area contributed by atoms with Crippen molar-refractivity contribution in [1.29, 1.82) is 0 Å². The van der Waals surface area contributed by atoms with E-state index in [2.05, 4.69) is 32.7 Å². The van der Waals surface area contributed by atoms with Crippen LogP contribution in [-0.4, -0.2) is 83.1 Å². The number of aryl methyl sites for hydroxylation is 1. The van der Waals surface area contributed by atoms with Gasteiger partial charge in [-0.15, -0.1) is 0 Å². The predicted molar refractivity (Wildman–Crippen MR) is 156 cm³/mol. The SMILES string of the molecule is Cn1c(-c2cc3cccc(OC[C@@H]4CNCCO4)c3n2CC2CC2)nc2cc3c(cc21)CCN(C[C@H](N)CF)C3=O. The van der Waals surface area contributed by atoms with Crippen LogP contribution in [0.2, 0.25) is 0 Å². The van der Waals surface area contributed by atoms with E-state index in [9.17, 15) is 9.18 Å². The molecule has 9 nitrogen and oxygen atoms in total. The van der Waals surface area contributed by atoms with Gasteiger partial charge in [-0.3, -0.25) is 4.79 Å². The van der Waals surface area contributed by atoms with E-state index in [1.54, 1.807) is 4.90 Å². The average Bonchev–Trinajstić information content (AvgIpc) is 3.67. The van der Waals surface area contributed by atoms with Gasteiger partial charge in [0.25, 0.3) is 5.91 Å². The average molecular weight is 561 g/mol. The van der Waals surface area contributed by atoms with Gasteiger partial charge in [0.05, 0.1) is 34.9 Å². The monoisotopic (exact) mass is 560 g/mol. The zero-order chi connectivity index (χ0) is 28.1. The fraction of sp³-hybridized carbons (Fsp3) is 0.484. The zero-order valence-electron chi connectivity index (χ0n) is 23.4. The molecule has 3 N–H and O–H groups in total. The molecule has 1 saturated carbocycles. The minimum atomic E-state index is -0.667. The van der Waals surface area contributed by atoms with Crippen LogP contribution in [0.5, 0.6) is 5.75 Å². The van der Waals surface area contributed by atoms with Crippen LogP contribution in [0.15, 0.2) is 36.4 Å². The molecule has 216 valence electrons. The molecule has 2 aliphatic heterocycles. The first kappa shape index (κ1) is 26.4. The van der Waals surface area contributed by atoms with Crippen LogP contribution in [0.1, 0.15) is 28.8 Å². The maximum atomic E-state index is 13.3. The van der Waals surface area contributed by atoms with Crippen LogP contribution in [0, 0.1) is 5.92 Å². The number of hydrogen-bond donors (Lipinski definition) is 2. The van der Waals surface area contributed by atoms with Crippen molar-refractivity contribution in [2.45, 2.75) is 38.0 Å². The Bertz CT molecular complexity index is 1600. The number of nitrogens with two attached hydrogens (primary N) is 1. The number of amides is 1. The van der Waals surface area contributed by atoms with Crippen molar-refractivity contribution in [3.05, 3.63) is 47.5 Å². The quantitative estimate of drug-likeness (QED) is 0.326. The fourth-order valence-corrected chi connectivity index (χ4v) is 6.20. The lowest BCUT2D eigenvalue weighted by Gasteiger charge is -2.30. The van der Waals surface area contributed by atoms with Crippen LogP contribution in [0.3, 0.4) is 0 Å². The van der Waals surface area contributed by atoms with E-state index in [1.807, 2.05) is 25.2 Å². The summed E-state index contributed by atoms with van der Waals surface area (Å²) in [6.45, 7) is 3.87. The number of ether oxygens (including phenoxy) is 2. The number of nitrogens with one attached hydrogen (secondary N) is 1. The van der Waals surface area contributed by atoms with Gasteiger partial charge in [0.2, 0.25) is 0 Å². The molecular formula is C31H37FN6O3. The highest BCUT2D eigenvalue weighted by atomic mass is 19.1. The van der Waals surface area contributed by atoms with E-state index in [0.29, 0.717) is 37.7 Å². The van der Waals surface area contributed by atoms with Crippen molar-refractivity contribution in [2.75, 3.05) is 46.1 Å². The Morgan fingerprint density at radius 3 is 2.93 bits per heavy atom. The number of rotatable bonds is 9. The molecule has 10 heteroatoms. The summed E-state index contributed by atoms with van der Waals surface area (Å²) < 4.78 is 29.8. The first-order valence-corrected chi connectivity index (χ1v) is 14.7. The summed E-state index contributed by atoms with van der Waals surface area (Å²) in [5.74, 6) is 2.25. The molecule has 3 aliphatic rings. The number of carbonyl (C=O) groups is 1. The van der Waals surface area contributed by atoms with Gasteiger partial charge in [-0.1, -0.05) is 12.1 Å². The largest absolute Gasteiger partial charge is 0.489 e. The number of morpholine rings is 1. The van der Waals surface area contributed by atoms with Gasteiger partial charge in [-0.2, -0.15) is 0 Å². The van der Waals surface area contributed by atoms with Gasteiger partial charge in [0, 0.05) is 50.7 Å². The van der Waals surface area contributed by atoms with E-state index in [0.717, 1.165) is 64.4 Å². The number of para-hydroxylation sites is 1. The maximum absolute atomic E-state index is 13.3. The van der Waals surface area contributed by atoms with Crippen LogP contribution < -0.4 is 15.8 Å². The van der Waals surface area contributed by atoms with Gasteiger partial charge >= 0.3 is 0 Å². The highest BCUT2D eigenvalue weighted by Crippen LogP contribution is 2.39. The van der Waals surface area contributed by atoms with Crippen molar-refractivity contribution < 1.29 is 18.7 Å². The first-order chi connectivity index (χ1) is 20.0. The molecule has 0 unspecified atom stereocenters. The molecule has 2 aromatic carbocycles. The molecule has 4 heterocycles. The number of imidazole rings is 1. The van der Waals surface area contributed by atoms with Crippen molar-refractivity contribution in [2.24, 2.45) is 18.7 Å². The number of aromatic nitrogens is 3. The fourth-order valence-electron chi connectivity index (χ4n) is 6.20. The molecule has 41 heavy (non-hydrogen) atoms. The number of hydrogen-bond acceptors (Lipinski definition) is 6. The minimum absolute atomic E-state index is 0.0301. The van der Waals surface area contributed by atoms with E-state index in [4.69, 9.17) is 20.2 Å². The molecule has 4 aromatic rings. The Labute approximate surface area is 238 Å². The van der Waals surface area contributed by atoms with E-state index in [-0.39, 0.29) is 18.6 Å². The standard InChI is InChI=1S/C31H37FN6O3/c1-36-26-11-20-7-9-37(17-22(33)14-32)31(39)24(20)13-25(26)35-30(36)27-12-21-3-2-4-28(29(21)38(27)16-19-5-6-19)41-18-23-15-34-8-10-40-23/h2-4,11-13,19,22-23,34H,5-10,14-18,33H2,1H3/t22-,23+/m1/s1. The molecule has 1 aliphatic carbocycles. The maximum Gasteiger partial charge on any atom is 0.254 e. The molecule has 2 aromatic heterocycles. The van der Waals surface area contributed by atoms with Crippen molar-refractivity contribution in [1.82, 2.24) is 24.3 Å². The Morgan fingerprint density at radius 1 is 1.27 bits per heavy atom. The molecule has 1 amide bonds. The van der Waals surface area contributed by atoms with Crippen molar-refractivity contribution in [3.63, 3.8) is 0 Å². The summed E-state index contributed by atoms with van der Waals surface area (Å²) in [4.78, 5) is 20.0. The van der Waals surface area contributed by atoms with Crippen molar-refractivity contribution in [3.8, 4) is 17.3 Å². The summed E-state index contributed by atoms with van der Waals surface area (Å²) in [7, 11) is 2.04. The summed E-state index contributed by atoms with van der Waals surface area (Å²) in [5.41, 5.74) is 11.3. The highest BCUT2D eigenvalue weighted by Gasteiger charge is 2.29. The van der Waals surface area contributed by atoms with Gasteiger partial charge < -0.3 is 34.6 Å². The summed E-state index contributed by atoms with van der Waals surface area (Å²) in [6, 6.07) is 11.7. The third kappa shape index (κ3) is 4.98. The second kappa shape index (κ2) is 10.7. The molecule has 2 fully saturated rings. The van der Waals surface area contributed by atoms with E-state index >= 15 is 0 Å². The number of alkyl halides is 1.